The summed E-state index contributed by atoms with van der Waals surface area (Å²) in [7, 11) is 1.65. The fraction of sp³-hybridized carbons (Fsp3) is 0.294. The zero-order valence-corrected chi connectivity index (χ0v) is 12.5. The lowest BCUT2D eigenvalue weighted by Crippen LogP contribution is -2.48. The number of benzene rings is 1. The molecule has 5 heteroatoms. The van der Waals surface area contributed by atoms with Crippen LogP contribution in [0.5, 0.6) is 5.75 Å². The lowest BCUT2D eigenvalue weighted by molar-refractivity contribution is 0.0634. The molecule has 0 bridgehead atoms. The normalized spacial score (nSPS) is 18.0. The molecule has 0 aliphatic carbocycles. The van der Waals surface area contributed by atoms with Crippen molar-refractivity contribution in [1.82, 2.24) is 15.2 Å². The number of nitrogens with one attached hydrogen (secondary N) is 1. The number of aromatic nitrogens is 1. The molecule has 1 atom stereocenters. The van der Waals surface area contributed by atoms with Crippen molar-refractivity contribution >= 4 is 5.91 Å². The topological polar surface area (TPSA) is 54.5 Å². The third kappa shape index (κ3) is 2.94. The van der Waals surface area contributed by atoms with Crippen LogP contribution in [0.1, 0.15) is 22.0 Å². The molecule has 0 unspecified atom stereocenters. The van der Waals surface area contributed by atoms with E-state index in [1.54, 1.807) is 31.6 Å². The molecule has 22 heavy (non-hydrogen) atoms. The minimum absolute atomic E-state index is 0.0281. The molecule has 0 saturated carbocycles. The molecule has 5 nitrogen and oxygen atoms in total. The maximum Gasteiger partial charge on any atom is 0.254 e. The molecule has 2 aromatic rings. The molecule has 114 valence electrons. The van der Waals surface area contributed by atoms with Crippen molar-refractivity contribution in [3.8, 4) is 5.75 Å². The Kier molecular flexibility index (Phi) is 4.34. The van der Waals surface area contributed by atoms with Gasteiger partial charge in [0.15, 0.2) is 0 Å². The Hall–Kier alpha value is -2.40. The molecule has 3 rings (SSSR count). The lowest BCUT2D eigenvalue weighted by atomic mass is 10.0. The van der Waals surface area contributed by atoms with E-state index in [1.165, 1.54) is 0 Å². The average molecular weight is 297 g/mol. The van der Waals surface area contributed by atoms with E-state index in [9.17, 15) is 4.79 Å². The third-order valence-corrected chi connectivity index (χ3v) is 3.93. The molecular weight excluding hydrogens is 278 g/mol. The second kappa shape index (κ2) is 6.58. The monoisotopic (exact) mass is 297 g/mol. The molecule has 1 aliphatic rings. The molecule has 2 heterocycles. The van der Waals surface area contributed by atoms with Gasteiger partial charge in [-0.2, -0.15) is 0 Å². The van der Waals surface area contributed by atoms with Gasteiger partial charge >= 0.3 is 0 Å². The Morgan fingerprint density at radius 1 is 1.23 bits per heavy atom. The lowest BCUT2D eigenvalue weighted by Gasteiger charge is -2.36. The summed E-state index contributed by atoms with van der Waals surface area (Å²) in [5.74, 6) is 0.865. The van der Waals surface area contributed by atoms with Gasteiger partial charge in [0.05, 0.1) is 13.2 Å². The number of ether oxygens (including phenoxy) is 1. The number of hydrogen-bond donors (Lipinski definition) is 1. The van der Waals surface area contributed by atoms with Crippen LogP contribution in [0.2, 0.25) is 0 Å². The molecule has 1 aromatic heterocycles. The second-order valence-electron chi connectivity index (χ2n) is 5.23. The largest absolute Gasteiger partial charge is 0.497 e. The van der Waals surface area contributed by atoms with Crippen LogP contribution in [0.4, 0.5) is 0 Å². The Bertz CT molecular complexity index is 628. The van der Waals surface area contributed by atoms with Crippen LogP contribution in [-0.4, -0.2) is 42.5 Å². The van der Waals surface area contributed by atoms with Crippen LogP contribution in [0.25, 0.3) is 0 Å². The summed E-state index contributed by atoms with van der Waals surface area (Å²) in [4.78, 5) is 18.6. The van der Waals surface area contributed by atoms with Gasteiger partial charge in [-0.25, -0.2) is 0 Å². The van der Waals surface area contributed by atoms with Crippen molar-refractivity contribution in [1.29, 1.82) is 0 Å². The van der Waals surface area contributed by atoms with Crippen LogP contribution in [0.15, 0.2) is 48.8 Å². The van der Waals surface area contributed by atoms with E-state index in [0.717, 1.165) is 24.4 Å². The average Bonchev–Trinajstić information content (AvgIpc) is 2.62. The highest BCUT2D eigenvalue weighted by atomic mass is 16.5. The van der Waals surface area contributed by atoms with Crippen LogP contribution >= 0.6 is 0 Å². The standard InChI is InChI=1S/C17H19N3O2/c1-22-15-4-2-13(3-5-15)16-12-19-10-11-20(16)17(21)14-6-8-18-9-7-14/h2-9,16,19H,10-12H2,1H3/t16-/m0/s1. The number of carbonyl (C=O) groups excluding carboxylic acids is 1. The summed E-state index contributed by atoms with van der Waals surface area (Å²) >= 11 is 0. The molecule has 1 aliphatic heterocycles. The fourth-order valence-electron chi connectivity index (χ4n) is 2.73. The Labute approximate surface area is 129 Å². The van der Waals surface area contributed by atoms with Gasteiger partial charge in [0, 0.05) is 37.6 Å². The first-order chi connectivity index (χ1) is 10.8. The summed E-state index contributed by atoms with van der Waals surface area (Å²) in [6.07, 6.45) is 3.30. The van der Waals surface area contributed by atoms with Gasteiger partial charge in [0.25, 0.3) is 5.91 Å². The first-order valence-corrected chi connectivity index (χ1v) is 7.35. The highest BCUT2D eigenvalue weighted by molar-refractivity contribution is 5.94. The Balaban J connectivity index is 1.86. The van der Waals surface area contributed by atoms with Gasteiger partial charge < -0.3 is 15.0 Å². The number of amides is 1. The van der Waals surface area contributed by atoms with E-state index in [2.05, 4.69) is 10.3 Å². The molecule has 1 aromatic carbocycles. The number of pyridine rings is 1. The van der Waals surface area contributed by atoms with Crippen molar-refractivity contribution in [2.75, 3.05) is 26.7 Å². The minimum Gasteiger partial charge on any atom is -0.497 e. The number of hydrogen-bond acceptors (Lipinski definition) is 4. The first-order valence-electron chi connectivity index (χ1n) is 7.35. The zero-order valence-electron chi connectivity index (χ0n) is 12.5. The quantitative estimate of drug-likeness (QED) is 0.940. The van der Waals surface area contributed by atoms with Crippen molar-refractivity contribution in [2.45, 2.75) is 6.04 Å². The minimum atomic E-state index is 0.0281. The predicted octanol–water partition coefficient (Wildman–Crippen LogP) is 1.88. The highest BCUT2D eigenvalue weighted by Gasteiger charge is 2.28. The molecule has 0 spiro atoms. The number of nitrogens with zero attached hydrogens (tertiary/aromatic N) is 2. The fourth-order valence-corrected chi connectivity index (χ4v) is 2.73. The van der Waals surface area contributed by atoms with Crippen molar-refractivity contribution in [3.05, 3.63) is 59.9 Å². The molecule has 1 saturated heterocycles. The van der Waals surface area contributed by atoms with E-state index in [0.29, 0.717) is 12.1 Å². The Morgan fingerprint density at radius 2 is 1.95 bits per heavy atom. The first kappa shape index (κ1) is 14.5. The SMILES string of the molecule is COc1ccc([C@@H]2CNCCN2C(=O)c2ccncc2)cc1. The van der Waals surface area contributed by atoms with Crippen LogP contribution < -0.4 is 10.1 Å². The number of rotatable bonds is 3. The second-order valence-corrected chi connectivity index (χ2v) is 5.23. The van der Waals surface area contributed by atoms with Crippen LogP contribution in [-0.2, 0) is 0 Å². The van der Waals surface area contributed by atoms with E-state index in [-0.39, 0.29) is 11.9 Å². The summed E-state index contributed by atoms with van der Waals surface area (Å²) < 4.78 is 5.20. The van der Waals surface area contributed by atoms with Crippen molar-refractivity contribution < 1.29 is 9.53 Å². The van der Waals surface area contributed by atoms with E-state index < -0.39 is 0 Å². The maximum atomic E-state index is 12.8. The zero-order chi connectivity index (χ0) is 15.4. The van der Waals surface area contributed by atoms with Crippen LogP contribution in [0.3, 0.4) is 0 Å². The number of carbonyl (C=O) groups is 1. The van der Waals surface area contributed by atoms with Crippen molar-refractivity contribution in [2.24, 2.45) is 0 Å². The molecule has 0 radical (unpaired) electrons. The van der Waals surface area contributed by atoms with Crippen LogP contribution in [0, 0.1) is 0 Å². The van der Waals surface area contributed by atoms with Gasteiger partial charge in [0.2, 0.25) is 0 Å². The molecule has 1 fully saturated rings. The van der Waals surface area contributed by atoms with E-state index >= 15 is 0 Å². The van der Waals surface area contributed by atoms with E-state index in [1.807, 2.05) is 29.2 Å². The Morgan fingerprint density at radius 3 is 2.64 bits per heavy atom. The summed E-state index contributed by atoms with van der Waals surface area (Å²) in [5, 5.41) is 3.36. The van der Waals surface area contributed by atoms with Gasteiger partial charge in [-0.3, -0.25) is 9.78 Å². The summed E-state index contributed by atoms with van der Waals surface area (Å²) in [5.41, 5.74) is 1.78. The summed E-state index contributed by atoms with van der Waals surface area (Å²) in [6.45, 7) is 2.25. The molecule has 1 amide bonds. The number of piperazine rings is 1. The van der Waals surface area contributed by atoms with Gasteiger partial charge in [-0.05, 0) is 29.8 Å². The molecule has 1 N–H and O–H groups in total. The van der Waals surface area contributed by atoms with Gasteiger partial charge in [-0.15, -0.1) is 0 Å². The van der Waals surface area contributed by atoms with Gasteiger partial charge in [-0.1, -0.05) is 12.1 Å². The van der Waals surface area contributed by atoms with E-state index in [4.69, 9.17) is 4.74 Å². The highest BCUT2D eigenvalue weighted by Crippen LogP contribution is 2.25. The number of methoxy groups -OCH3 is 1. The summed E-state index contributed by atoms with van der Waals surface area (Å²) in [6, 6.07) is 11.4. The van der Waals surface area contributed by atoms with Crippen molar-refractivity contribution in [3.63, 3.8) is 0 Å². The maximum absolute atomic E-state index is 12.8. The molecular formula is C17H19N3O2. The smallest absolute Gasteiger partial charge is 0.254 e. The third-order valence-electron chi connectivity index (χ3n) is 3.93. The van der Waals surface area contributed by atoms with Gasteiger partial charge in [0.1, 0.15) is 5.75 Å². The predicted molar refractivity (Wildman–Crippen MR) is 83.9 cm³/mol.